The average Bonchev–Trinajstić information content (AvgIpc) is 2.82. The second kappa shape index (κ2) is 13.4. The molecule has 1 saturated heterocycles. The van der Waals surface area contributed by atoms with Gasteiger partial charge >= 0.3 is 0 Å². The molecule has 1 fully saturated rings. The molecule has 0 radical (unpaired) electrons. The zero-order chi connectivity index (χ0) is 25.1. The van der Waals surface area contributed by atoms with Crippen molar-refractivity contribution in [3.63, 3.8) is 0 Å². The maximum atomic E-state index is 12.9. The summed E-state index contributed by atoms with van der Waals surface area (Å²) < 4.78 is 10.5. The van der Waals surface area contributed by atoms with Gasteiger partial charge in [0.05, 0.1) is 20.3 Å². The van der Waals surface area contributed by atoms with Crippen molar-refractivity contribution in [3.8, 4) is 11.5 Å². The SMILES string of the molecule is COc1ccc(/C=C/C(=O)N[C@@H](CC(C)C)C(=O)N[C@H](C=O)CC2CCCNC2=O)cc1OC. The Balaban J connectivity index is 2.02. The smallest absolute Gasteiger partial charge is 0.244 e. The number of aldehydes is 1. The molecule has 186 valence electrons. The van der Waals surface area contributed by atoms with Crippen molar-refractivity contribution in [2.24, 2.45) is 11.8 Å². The van der Waals surface area contributed by atoms with Gasteiger partial charge in [-0.1, -0.05) is 19.9 Å². The van der Waals surface area contributed by atoms with Gasteiger partial charge in [-0.3, -0.25) is 14.4 Å². The van der Waals surface area contributed by atoms with E-state index in [0.29, 0.717) is 37.2 Å². The first-order valence-corrected chi connectivity index (χ1v) is 11.5. The topological polar surface area (TPSA) is 123 Å². The molecule has 3 N–H and O–H groups in total. The van der Waals surface area contributed by atoms with Crippen LogP contribution in [-0.2, 0) is 19.2 Å². The molecule has 1 heterocycles. The first kappa shape index (κ1) is 26.9. The summed E-state index contributed by atoms with van der Waals surface area (Å²) in [4.78, 5) is 49.0. The summed E-state index contributed by atoms with van der Waals surface area (Å²) in [6.07, 6.45) is 5.75. The van der Waals surface area contributed by atoms with Gasteiger partial charge in [0, 0.05) is 18.5 Å². The molecule has 3 atom stereocenters. The molecule has 1 aromatic rings. The second-order valence-corrected chi connectivity index (χ2v) is 8.76. The van der Waals surface area contributed by atoms with E-state index in [4.69, 9.17) is 9.47 Å². The Hall–Kier alpha value is -3.36. The van der Waals surface area contributed by atoms with Gasteiger partial charge in [-0.2, -0.15) is 0 Å². The number of nitrogens with one attached hydrogen (secondary N) is 3. The van der Waals surface area contributed by atoms with E-state index in [0.717, 1.165) is 12.0 Å². The van der Waals surface area contributed by atoms with E-state index in [9.17, 15) is 19.2 Å². The lowest BCUT2D eigenvalue weighted by Crippen LogP contribution is -2.51. The minimum atomic E-state index is -0.815. The molecule has 1 unspecified atom stereocenters. The van der Waals surface area contributed by atoms with E-state index in [1.165, 1.54) is 13.2 Å². The Morgan fingerprint density at radius 3 is 2.53 bits per heavy atom. The van der Waals surface area contributed by atoms with Gasteiger partial charge in [0.15, 0.2) is 11.5 Å². The third-order valence-electron chi connectivity index (χ3n) is 5.60. The zero-order valence-electron chi connectivity index (χ0n) is 20.3. The highest BCUT2D eigenvalue weighted by atomic mass is 16.5. The van der Waals surface area contributed by atoms with Crippen molar-refractivity contribution in [1.29, 1.82) is 0 Å². The van der Waals surface area contributed by atoms with Gasteiger partial charge in [0.2, 0.25) is 17.7 Å². The van der Waals surface area contributed by atoms with E-state index in [1.807, 2.05) is 13.8 Å². The van der Waals surface area contributed by atoms with Crippen LogP contribution in [0.3, 0.4) is 0 Å². The van der Waals surface area contributed by atoms with Crippen LogP contribution in [0.25, 0.3) is 6.08 Å². The molecule has 1 aliphatic rings. The molecule has 9 nitrogen and oxygen atoms in total. The van der Waals surface area contributed by atoms with Crippen LogP contribution < -0.4 is 25.4 Å². The maximum Gasteiger partial charge on any atom is 0.244 e. The lowest BCUT2D eigenvalue weighted by molar-refractivity contribution is -0.130. The van der Waals surface area contributed by atoms with Crippen LogP contribution in [-0.4, -0.2) is 56.9 Å². The molecule has 0 bridgehead atoms. The lowest BCUT2D eigenvalue weighted by Gasteiger charge is -2.26. The Bertz CT molecular complexity index is 899. The van der Waals surface area contributed by atoms with Crippen molar-refractivity contribution in [1.82, 2.24) is 16.0 Å². The largest absolute Gasteiger partial charge is 0.493 e. The molecule has 3 amide bonds. The first-order valence-electron chi connectivity index (χ1n) is 11.5. The standard InChI is InChI=1S/C25H35N3O6/c1-16(2)12-20(25(32)27-19(15-29)14-18-6-5-11-26-24(18)31)28-23(30)10-8-17-7-9-21(33-3)22(13-17)34-4/h7-10,13,15-16,18-20H,5-6,11-12,14H2,1-4H3,(H,26,31)(H,27,32)(H,28,30)/b10-8+/t18?,19-,20-/m0/s1. The highest BCUT2D eigenvalue weighted by Gasteiger charge is 2.28. The van der Waals surface area contributed by atoms with Gasteiger partial charge in [0.1, 0.15) is 12.3 Å². The fourth-order valence-electron chi connectivity index (χ4n) is 3.85. The van der Waals surface area contributed by atoms with E-state index in [2.05, 4.69) is 16.0 Å². The highest BCUT2D eigenvalue weighted by molar-refractivity contribution is 5.96. The normalized spacial score (nSPS) is 17.6. The Morgan fingerprint density at radius 1 is 1.18 bits per heavy atom. The number of ether oxygens (including phenoxy) is 2. The van der Waals surface area contributed by atoms with Crippen LogP contribution in [0.4, 0.5) is 0 Å². The number of piperidine rings is 1. The predicted molar refractivity (Wildman–Crippen MR) is 128 cm³/mol. The van der Waals surface area contributed by atoms with E-state index in [1.54, 1.807) is 31.4 Å². The number of carbonyl (C=O) groups excluding carboxylic acids is 4. The molecule has 0 spiro atoms. The van der Waals surface area contributed by atoms with Gasteiger partial charge < -0.3 is 30.2 Å². The van der Waals surface area contributed by atoms with Crippen LogP contribution in [0.2, 0.25) is 0 Å². The summed E-state index contributed by atoms with van der Waals surface area (Å²) in [5, 5.41) is 8.20. The molecule has 0 saturated carbocycles. The van der Waals surface area contributed by atoms with E-state index in [-0.39, 0.29) is 24.2 Å². The van der Waals surface area contributed by atoms with Crippen molar-refractivity contribution in [2.75, 3.05) is 20.8 Å². The molecule has 1 aromatic carbocycles. The monoisotopic (exact) mass is 473 g/mol. The van der Waals surface area contributed by atoms with E-state index >= 15 is 0 Å². The number of methoxy groups -OCH3 is 2. The lowest BCUT2D eigenvalue weighted by atomic mass is 9.91. The Kier molecular flexibility index (Phi) is 10.6. The third kappa shape index (κ3) is 8.20. The van der Waals surface area contributed by atoms with Crippen LogP contribution in [0, 0.1) is 11.8 Å². The van der Waals surface area contributed by atoms with E-state index < -0.39 is 23.9 Å². The summed E-state index contributed by atoms with van der Waals surface area (Å²) in [6.45, 7) is 4.51. The average molecular weight is 474 g/mol. The molecular weight excluding hydrogens is 438 g/mol. The van der Waals surface area contributed by atoms with Crippen LogP contribution in [0.1, 0.15) is 45.1 Å². The fourth-order valence-corrected chi connectivity index (χ4v) is 3.85. The van der Waals surface area contributed by atoms with Gasteiger partial charge in [-0.05, 0) is 55.4 Å². The minimum Gasteiger partial charge on any atom is -0.493 e. The molecule has 0 aliphatic carbocycles. The molecule has 1 aliphatic heterocycles. The summed E-state index contributed by atoms with van der Waals surface area (Å²) in [5.41, 5.74) is 0.726. The van der Waals surface area contributed by atoms with Crippen molar-refractivity contribution in [3.05, 3.63) is 29.8 Å². The molecule has 34 heavy (non-hydrogen) atoms. The van der Waals surface area contributed by atoms with Crippen molar-refractivity contribution in [2.45, 2.75) is 51.6 Å². The van der Waals surface area contributed by atoms with Crippen molar-refractivity contribution < 1.29 is 28.7 Å². The number of amides is 3. The van der Waals surface area contributed by atoms with Crippen LogP contribution >= 0.6 is 0 Å². The highest BCUT2D eigenvalue weighted by Crippen LogP contribution is 2.28. The molecule has 2 rings (SSSR count). The second-order valence-electron chi connectivity index (χ2n) is 8.76. The summed E-state index contributed by atoms with van der Waals surface area (Å²) >= 11 is 0. The third-order valence-corrected chi connectivity index (χ3v) is 5.60. The summed E-state index contributed by atoms with van der Waals surface area (Å²) in [6, 6.07) is 3.63. The Morgan fingerprint density at radius 2 is 1.91 bits per heavy atom. The van der Waals surface area contributed by atoms with Crippen molar-refractivity contribution >= 4 is 30.1 Å². The zero-order valence-corrected chi connectivity index (χ0v) is 20.3. The first-order chi connectivity index (χ1) is 16.3. The maximum absolute atomic E-state index is 12.9. The Labute approximate surface area is 200 Å². The number of hydrogen-bond acceptors (Lipinski definition) is 6. The minimum absolute atomic E-state index is 0.0975. The van der Waals surface area contributed by atoms with Crippen LogP contribution in [0.5, 0.6) is 11.5 Å². The number of carbonyl (C=O) groups is 4. The number of benzene rings is 1. The van der Waals surface area contributed by atoms with Gasteiger partial charge in [0.25, 0.3) is 0 Å². The molecular formula is C25H35N3O6. The van der Waals surface area contributed by atoms with Gasteiger partial charge in [-0.15, -0.1) is 0 Å². The number of hydrogen-bond donors (Lipinski definition) is 3. The molecule has 0 aromatic heterocycles. The summed E-state index contributed by atoms with van der Waals surface area (Å²) in [5.74, 6) is -0.0576. The molecule has 9 heteroatoms. The summed E-state index contributed by atoms with van der Waals surface area (Å²) in [7, 11) is 3.07. The quantitative estimate of drug-likeness (QED) is 0.315. The fraction of sp³-hybridized carbons (Fsp3) is 0.520. The van der Waals surface area contributed by atoms with Gasteiger partial charge in [-0.25, -0.2) is 0 Å². The van der Waals surface area contributed by atoms with Crippen LogP contribution in [0.15, 0.2) is 24.3 Å². The number of rotatable bonds is 12. The predicted octanol–water partition coefficient (Wildman–Crippen LogP) is 1.85.